The Bertz CT molecular complexity index is 567. The SMILES string of the molecule is CCC(C/C=C(\NCCC1CC1)c1cccs1)c1ccco1. The number of hydrogen-bond acceptors (Lipinski definition) is 3. The molecule has 0 saturated heterocycles. The molecule has 3 rings (SSSR count). The maximum absolute atomic E-state index is 5.58. The molecule has 0 aromatic carbocycles. The second-order valence-corrected chi connectivity index (χ2v) is 7.06. The Balaban J connectivity index is 1.64. The van der Waals surface area contributed by atoms with E-state index in [1.165, 1.54) is 29.8 Å². The number of furan rings is 1. The lowest BCUT2D eigenvalue weighted by molar-refractivity contribution is 0.455. The van der Waals surface area contributed by atoms with Crippen LogP contribution in [-0.2, 0) is 0 Å². The van der Waals surface area contributed by atoms with Crippen molar-refractivity contribution in [2.24, 2.45) is 5.92 Å². The molecular weight excluding hydrogens is 290 g/mol. The van der Waals surface area contributed by atoms with Crippen LogP contribution in [-0.4, -0.2) is 6.54 Å². The first-order valence-corrected chi connectivity index (χ1v) is 9.26. The van der Waals surface area contributed by atoms with Gasteiger partial charge in [-0.15, -0.1) is 11.3 Å². The molecule has 0 radical (unpaired) electrons. The summed E-state index contributed by atoms with van der Waals surface area (Å²) in [5.74, 6) is 2.54. The highest BCUT2D eigenvalue weighted by atomic mass is 32.1. The van der Waals surface area contributed by atoms with Crippen molar-refractivity contribution in [2.45, 2.75) is 44.9 Å². The van der Waals surface area contributed by atoms with Gasteiger partial charge in [0.25, 0.3) is 0 Å². The van der Waals surface area contributed by atoms with Gasteiger partial charge in [0, 0.05) is 23.0 Å². The molecule has 118 valence electrons. The summed E-state index contributed by atoms with van der Waals surface area (Å²) in [6, 6.07) is 8.40. The molecule has 0 spiro atoms. The lowest BCUT2D eigenvalue weighted by Gasteiger charge is -2.13. The summed E-state index contributed by atoms with van der Waals surface area (Å²) in [6.45, 7) is 3.32. The van der Waals surface area contributed by atoms with Gasteiger partial charge in [-0.05, 0) is 48.8 Å². The van der Waals surface area contributed by atoms with Crippen LogP contribution in [0.4, 0.5) is 0 Å². The van der Waals surface area contributed by atoms with E-state index in [0.29, 0.717) is 5.92 Å². The van der Waals surface area contributed by atoms with E-state index in [0.717, 1.165) is 31.1 Å². The van der Waals surface area contributed by atoms with Gasteiger partial charge < -0.3 is 9.73 Å². The van der Waals surface area contributed by atoms with E-state index in [1.54, 1.807) is 6.26 Å². The first-order valence-electron chi connectivity index (χ1n) is 8.38. The molecule has 1 atom stereocenters. The predicted molar refractivity (Wildman–Crippen MR) is 94.0 cm³/mol. The minimum absolute atomic E-state index is 0.468. The summed E-state index contributed by atoms with van der Waals surface area (Å²) in [5, 5.41) is 5.81. The number of allylic oxidation sites excluding steroid dienone is 1. The molecule has 2 heterocycles. The lowest BCUT2D eigenvalue weighted by Crippen LogP contribution is -2.14. The van der Waals surface area contributed by atoms with Gasteiger partial charge in [-0.25, -0.2) is 0 Å². The Hall–Kier alpha value is -1.48. The van der Waals surface area contributed by atoms with Crippen molar-refractivity contribution in [1.82, 2.24) is 5.32 Å². The molecule has 1 aliphatic carbocycles. The molecule has 0 aliphatic heterocycles. The Morgan fingerprint density at radius 2 is 2.32 bits per heavy atom. The zero-order valence-electron chi connectivity index (χ0n) is 13.3. The molecule has 2 nitrogen and oxygen atoms in total. The van der Waals surface area contributed by atoms with Crippen LogP contribution in [0.5, 0.6) is 0 Å². The highest BCUT2D eigenvalue weighted by molar-refractivity contribution is 7.11. The van der Waals surface area contributed by atoms with Gasteiger partial charge in [0.05, 0.1) is 6.26 Å². The third-order valence-electron chi connectivity index (χ3n) is 4.40. The second kappa shape index (κ2) is 7.68. The van der Waals surface area contributed by atoms with Gasteiger partial charge in [-0.1, -0.05) is 31.9 Å². The average molecular weight is 315 g/mol. The van der Waals surface area contributed by atoms with Crippen molar-refractivity contribution >= 4 is 17.0 Å². The molecule has 1 saturated carbocycles. The smallest absolute Gasteiger partial charge is 0.107 e. The largest absolute Gasteiger partial charge is 0.469 e. The number of rotatable bonds is 9. The fourth-order valence-corrected chi connectivity index (χ4v) is 3.52. The van der Waals surface area contributed by atoms with E-state index in [2.05, 4.69) is 41.9 Å². The van der Waals surface area contributed by atoms with Crippen molar-refractivity contribution in [2.75, 3.05) is 6.54 Å². The highest BCUT2D eigenvalue weighted by Gasteiger charge is 2.20. The molecule has 3 heteroatoms. The van der Waals surface area contributed by atoms with Crippen LogP contribution in [0.1, 0.15) is 55.6 Å². The maximum atomic E-state index is 5.58. The summed E-state index contributed by atoms with van der Waals surface area (Å²) >= 11 is 1.81. The summed E-state index contributed by atoms with van der Waals surface area (Å²) in [6.07, 6.45) is 10.4. The van der Waals surface area contributed by atoms with E-state index in [4.69, 9.17) is 4.42 Å². The molecule has 1 unspecified atom stereocenters. The Kier molecular flexibility index (Phi) is 5.38. The van der Waals surface area contributed by atoms with Crippen LogP contribution in [0.2, 0.25) is 0 Å². The number of nitrogens with one attached hydrogen (secondary N) is 1. The van der Waals surface area contributed by atoms with Gasteiger partial charge >= 0.3 is 0 Å². The van der Waals surface area contributed by atoms with Crippen LogP contribution in [0, 0.1) is 5.92 Å². The Morgan fingerprint density at radius 1 is 1.41 bits per heavy atom. The van der Waals surface area contributed by atoms with Gasteiger partial charge in [-0.2, -0.15) is 0 Å². The molecule has 1 fully saturated rings. The molecule has 0 bridgehead atoms. The maximum Gasteiger partial charge on any atom is 0.107 e. The molecule has 22 heavy (non-hydrogen) atoms. The van der Waals surface area contributed by atoms with Gasteiger partial charge in [0.2, 0.25) is 0 Å². The zero-order valence-corrected chi connectivity index (χ0v) is 14.1. The van der Waals surface area contributed by atoms with E-state index in [9.17, 15) is 0 Å². The van der Waals surface area contributed by atoms with Crippen LogP contribution in [0.3, 0.4) is 0 Å². The molecule has 1 aliphatic rings. The van der Waals surface area contributed by atoms with Crippen molar-refractivity contribution in [3.63, 3.8) is 0 Å². The molecule has 2 aromatic rings. The Labute approximate surface area is 137 Å². The number of hydrogen-bond donors (Lipinski definition) is 1. The minimum atomic E-state index is 0.468. The second-order valence-electron chi connectivity index (χ2n) is 6.11. The minimum Gasteiger partial charge on any atom is -0.469 e. The van der Waals surface area contributed by atoms with Crippen molar-refractivity contribution < 1.29 is 4.42 Å². The standard InChI is InChI=1S/C19H25NOS/c1-2-16(18-5-3-13-21-18)9-10-17(19-6-4-14-22-19)20-12-11-15-7-8-15/h3-6,10,13-16,20H,2,7-9,11-12H2,1H3/b17-10-. The van der Waals surface area contributed by atoms with E-state index < -0.39 is 0 Å². The lowest BCUT2D eigenvalue weighted by atomic mass is 9.98. The first-order chi connectivity index (χ1) is 10.9. The van der Waals surface area contributed by atoms with Crippen molar-refractivity contribution in [3.05, 3.63) is 52.6 Å². The number of thiophene rings is 1. The molecule has 1 N–H and O–H groups in total. The van der Waals surface area contributed by atoms with Crippen LogP contribution < -0.4 is 5.32 Å². The van der Waals surface area contributed by atoms with Crippen LogP contribution in [0.15, 0.2) is 46.4 Å². The Morgan fingerprint density at radius 3 is 2.95 bits per heavy atom. The quantitative estimate of drug-likeness (QED) is 0.646. The average Bonchev–Trinajstić information content (AvgIpc) is 3.01. The zero-order chi connectivity index (χ0) is 15.2. The molecule has 2 aromatic heterocycles. The molecular formula is C19H25NOS. The van der Waals surface area contributed by atoms with E-state index in [1.807, 2.05) is 17.4 Å². The van der Waals surface area contributed by atoms with Gasteiger partial charge in [0.15, 0.2) is 0 Å². The van der Waals surface area contributed by atoms with Gasteiger partial charge in [-0.3, -0.25) is 0 Å². The first kappa shape index (κ1) is 15.4. The van der Waals surface area contributed by atoms with E-state index >= 15 is 0 Å². The van der Waals surface area contributed by atoms with Crippen LogP contribution in [0.25, 0.3) is 5.70 Å². The van der Waals surface area contributed by atoms with Crippen LogP contribution >= 0.6 is 11.3 Å². The van der Waals surface area contributed by atoms with Crippen molar-refractivity contribution in [1.29, 1.82) is 0 Å². The fraction of sp³-hybridized carbons (Fsp3) is 0.474. The summed E-state index contributed by atoms with van der Waals surface area (Å²) in [5.41, 5.74) is 1.29. The third kappa shape index (κ3) is 4.26. The molecule has 0 amide bonds. The normalized spacial score (nSPS) is 16.7. The fourth-order valence-electron chi connectivity index (χ4n) is 2.78. The summed E-state index contributed by atoms with van der Waals surface area (Å²) < 4.78 is 5.58. The monoisotopic (exact) mass is 315 g/mol. The highest BCUT2D eigenvalue weighted by Crippen LogP contribution is 2.32. The third-order valence-corrected chi connectivity index (χ3v) is 5.30. The predicted octanol–water partition coefficient (Wildman–Crippen LogP) is 5.66. The summed E-state index contributed by atoms with van der Waals surface area (Å²) in [7, 11) is 0. The van der Waals surface area contributed by atoms with E-state index in [-0.39, 0.29) is 0 Å². The summed E-state index contributed by atoms with van der Waals surface area (Å²) in [4.78, 5) is 1.34. The van der Waals surface area contributed by atoms with Crippen molar-refractivity contribution in [3.8, 4) is 0 Å². The van der Waals surface area contributed by atoms with Gasteiger partial charge in [0.1, 0.15) is 5.76 Å². The topological polar surface area (TPSA) is 25.2 Å².